The van der Waals surface area contributed by atoms with E-state index in [4.69, 9.17) is 0 Å². The Morgan fingerprint density at radius 1 is 1.64 bits per heavy atom. The molecule has 1 saturated heterocycles. The van der Waals surface area contributed by atoms with Crippen molar-refractivity contribution < 1.29 is 4.79 Å². The molecule has 2 unspecified atom stereocenters. The van der Waals surface area contributed by atoms with Crippen molar-refractivity contribution in [3.05, 3.63) is 0 Å². The third kappa shape index (κ3) is 1.09. The van der Waals surface area contributed by atoms with E-state index in [9.17, 15) is 4.79 Å². The molecule has 0 radical (unpaired) electrons. The standard InChI is InChI=1S/C9H15NO/c1-7(11)8-5-9(8)3-2-4-10-6-9/h8,10H,2-6H2,1H3. The first-order valence-corrected chi connectivity index (χ1v) is 4.46. The summed E-state index contributed by atoms with van der Waals surface area (Å²) in [4.78, 5) is 11.1. The number of piperidine rings is 1. The molecule has 2 aliphatic rings. The Morgan fingerprint density at radius 2 is 2.45 bits per heavy atom. The highest BCUT2D eigenvalue weighted by Crippen LogP contribution is 2.56. The average molecular weight is 153 g/mol. The fraction of sp³-hybridized carbons (Fsp3) is 0.889. The molecule has 2 heteroatoms. The summed E-state index contributed by atoms with van der Waals surface area (Å²) in [5.41, 5.74) is 0.407. The Labute approximate surface area is 67.4 Å². The number of hydrogen-bond donors (Lipinski definition) is 1. The van der Waals surface area contributed by atoms with Gasteiger partial charge in [0.2, 0.25) is 0 Å². The molecule has 1 aliphatic carbocycles. The Bertz CT molecular complexity index is 182. The molecule has 1 aliphatic heterocycles. The van der Waals surface area contributed by atoms with Gasteiger partial charge in [0.25, 0.3) is 0 Å². The molecular formula is C9H15NO. The molecule has 11 heavy (non-hydrogen) atoms. The minimum atomic E-state index is 0.397. The van der Waals surface area contributed by atoms with Gasteiger partial charge in [0.1, 0.15) is 5.78 Å². The number of Topliss-reactive ketones (excluding diaryl/α,β-unsaturated/α-hetero) is 1. The number of nitrogens with one attached hydrogen (secondary N) is 1. The van der Waals surface area contributed by atoms with E-state index in [0.29, 0.717) is 17.1 Å². The predicted octanol–water partition coefficient (Wildman–Crippen LogP) is 0.965. The number of rotatable bonds is 1. The Hall–Kier alpha value is -0.370. The maximum atomic E-state index is 11.1. The van der Waals surface area contributed by atoms with E-state index < -0.39 is 0 Å². The van der Waals surface area contributed by atoms with Crippen LogP contribution in [0.15, 0.2) is 0 Å². The lowest BCUT2D eigenvalue weighted by molar-refractivity contribution is -0.119. The highest BCUT2D eigenvalue weighted by molar-refractivity contribution is 5.82. The molecule has 0 aromatic heterocycles. The van der Waals surface area contributed by atoms with Crippen molar-refractivity contribution in [3.8, 4) is 0 Å². The van der Waals surface area contributed by atoms with Gasteiger partial charge >= 0.3 is 0 Å². The summed E-state index contributed by atoms with van der Waals surface area (Å²) >= 11 is 0. The van der Waals surface area contributed by atoms with Crippen molar-refractivity contribution >= 4 is 5.78 Å². The second-order valence-electron chi connectivity index (χ2n) is 4.01. The van der Waals surface area contributed by atoms with Gasteiger partial charge in [-0.2, -0.15) is 0 Å². The van der Waals surface area contributed by atoms with Crippen LogP contribution in [0.25, 0.3) is 0 Å². The monoisotopic (exact) mass is 153 g/mol. The topological polar surface area (TPSA) is 29.1 Å². The lowest BCUT2D eigenvalue weighted by Crippen LogP contribution is -2.33. The Morgan fingerprint density at radius 3 is 2.91 bits per heavy atom. The molecule has 0 aromatic rings. The van der Waals surface area contributed by atoms with E-state index in [1.807, 2.05) is 0 Å². The summed E-state index contributed by atoms with van der Waals surface area (Å²) in [6.45, 7) is 3.96. The van der Waals surface area contributed by atoms with Crippen LogP contribution >= 0.6 is 0 Å². The van der Waals surface area contributed by atoms with Crippen LogP contribution in [0.1, 0.15) is 26.2 Å². The van der Waals surface area contributed by atoms with Gasteiger partial charge in [-0.25, -0.2) is 0 Å². The third-order valence-corrected chi connectivity index (χ3v) is 3.19. The fourth-order valence-corrected chi connectivity index (χ4v) is 2.39. The van der Waals surface area contributed by atoms with E-state index in [1.165, 1.54) is 12.8 Å². The molecule has 2 fully saturated rings. The third-order valence-electron chi connectivity index (χ3n) is 3.19. The quantitative estimate of drug-likeness (QED) is 0.608. The minimum absolute atomic E-state index is 0.397. The lowest BCUT2D eigenvalue weighted by atomic mass is 9.93. The van der Waals surface area contributed by atoms with Crippen LogP contribution in [-0.2, 0) is 4.79 Å². The number of carbonyl (C=O) groups is 1. The fourth-order valence-electron chi connectivity index (χ4n) is 2.39. The van der Waals surface area contributed by atoms with Gasteiger partial charge in [-0.05, 0) is 38.1 Å². The predicted molar refractivity (Wildman–Crippen MR) is 43.3 cm³/mol. The largest absolute Gasteiger partial charge is 0.316 e. The normalized spacial score (nSPS) is 42.5. The van der Waals surface area contributed by atoms with Crippen LogP contribution in [0.4, 0.5) is 0 Å². The number of ketones is 1. The first-order chi connectivity index (χ1) is 5.25. The van der Waals surface area contributed by atoms with E-state index in [1.54, 1.807) is 6.92 Å². The van der Waals surface area contributed by atoms with Crippen molar-refractivity contribution in [2.45, 2.75) is 26.2 Å². The van der Waals surface area contributed by atoms with Crippen LogP contribution < -0.4 is 5.32 Å². The first-order valence-electron chi connectivity index (χ1n) is 4.46. The Balaban J connectivity index is 1.99. The van der Waals surface area contributed by atoms with Crippen molar-refractivity contribution in [2.75, 3.05) is 13.1 Å². The summed E-state index contributed by atoms with van der Waals surface area (Å²) < 4.78 is 0. The van der Waals surface area contributed by atoms with E-state index in [0.717, 1.165) is 19.5 Å². The van der Waals surface area contributed by atoms with Crippen molar-refractivity contribution in [3.63, 3.8) is 0 Å². The molecule has 2 rings (SSSR count). The van der Waals surface area contributed by atoms with Crippen molar-refractivity contribution in [2.24, 2.45) is 11.3 Å². The molecule has 1 saturated carbocycles. The molecule has 62 valence electrons. The number of hydrogen-bond acceptors (Lipinski definition) is 2. The van der Waals surface area contributed by atoms with Gasteiger partial charge in [-0.3, -0.25) is 4.79 Å². The van der Waals surface area contributed by atoms with Gasteiger partial charge in [0.05, 0.1) is 0 Å². The van der Waals surface area contributed by atoms with Gasteiger partial charge < -0.3 is 5.32 Å². The zero-order chi connectivity index (χ0) is 7.90. The van der Waals surface area contributed by atoms with Crippen LogP contribution in [0.2, 0.25) is 0 Å². The van der Waals surface area contributed by atoms with Gasteiger partial charge in [0, 0.05) is 12.5 Å². The highest BCUT2D eigenvalue weighted by Gasteiger charge is 2.56. The Kier molecular flexibility index (Phi) is 1.53. The lowest BCUT2D eigenvalue weighted by Gasteiger charge is -2.22. The summed E-state index contributed by atoms with van der Waals surface area (Å²) in [7, 11) is 0. The van der Waals surface area contributed by atoms with E-state index >= 15 is 0 Å². The molecule has 0 bridgehead atoms. The van der Waals surface area contributed by atoms with Crippen molar-refractivity contribution in [1.82, 2.24) is 5.32 Å². The highest BCUT2D eigenvalue weighted by atomic mass is 16.1. The molecular weight excluding hydrogens is 138 g/mol. The van der Waals surface area contributed by atoms with Crippen LogP contribution in [0, 0.1) is 11.3 Å². The molecule has 1 heterocycles. The maximum absolute atomic E-state index is 11.1. The smallest absolute Gasteiger partial charge is 0.133 e. The summed E-state index contributed by atoms with van der Waals surface area (Å²) in [5.74, 6) is 0.795. The average Bonchev–Trinajstić information content (AvgIpc) is 2.66. The maximum Gasteiger partial charge on any atom is 0.133 e. The van der Waals surface area contributed by atoms with Crippen LogP contribution in [0.5, 0.6) is 0 Å². The van der Waals surface area contributed by atoms with Crippen LogP contribution in [-0.4, -0.2) is 18.9 Å². The van der Waals surface area contributed by atoms with Gasteiger partial charge in [-0.1, -0.05) is 0 Å². The second-order valence-corrected chi connectivity index (χ2v) is 4.01. The molecule has 2 nitrogen and oxygen atoms in total. The SMILES string of the molecule is CC(=O)C1CC12CCCNC2. The summed E-state index contributed by atoms with van der Waals surface area (Å²) in [6.07, 6.45) is 3.67. The zero-order valence-electron chi connectivity index (χ0n) is 7.02. The summed E-state index contributed by atoms with van der Waals surface area (Å²) in [5, 5.41) is 3.37. The second kappa shape index (κ2) is 2.31. The minimum Gasteiger partial charge on any atom is -0.316 e. The number of carbonyl (C=O) groups excluding carboxylic acids is 1. The van der Waals surface area contributed by atoms with Crippen molar-refractivity contribution in [1.29, 1.82) is 0 Å². The van der Waals surface area contributed by atoms with Crippen LogP contribution in [0.3, 0.4) is 0 Å². The van der Waals surface area contributed by atoms with E-state index in [2.05, 4.69) is 5.32 Å². The van der Waals surface area contributed by atoms with Gasteiger partial charge in [-0.15, -0.1) is 0 Å². The summed E-state index contributed by atoms with van der Waals surface area (Å²) in [6, 6.07) is 0. The molecule has 0 amide bonds. The zero-order valence-corrected chi connectivity index (χ0v) is 7.02. The molecule has 1 spiro atoms. The molecule has 1 N–H and O–H groups in total. The van der Waals surface area contributed by atoms with E-state index in [-0.39, 0.29) is 0 Å². The first kappa shape index (κ1) is 7.29. The molecule has 2 atom stereocenters. The van der Waals surface area contributed by atoms with Gasteiger partial charge in [0.15, 0.2) is 0 Å². The molecule has 0 aromatic carbocycles.